The third-order valence-electron chi connectivity index (χ3n) is 2.77. The molecule has 1 fully saturated rings. The Morgan fingerprint density at radius 1 is 1.50 bits per heavy atom. The van der Waals surface area contributed by atoms with Gasteiger partial charge in [-0.05, 0) is 12.8 Å². The molecule has 1 heterocycles. The fraction of sp³-hybridized carbons (Fsp3) is 0.700. The van der Waals surface area contributed by atoms with Gasteiger partial charge in [0.05, 0.1) is 18.3 Å². The summed E-state index contributed by atoms with van der Waals surface area (Å²) in [7, 11) is 0. The predicted molar refractivity (Wildman–Crippen MR) is 51.6 cm³/mol. The van der Waals surface area contributed by atoms with Gasteiger partial charge in [-0.2, -0.15) is 0 Å². The second-order valence-corrected chi connectivity index (χ2v) is 4.00. The molecule has 4 heteroatoms. The molecule has 0 bridgehead atoms. The summed E-state index contributed by atoms with van der Waals surface area (Å²) < 4.78 is 5.08. The molecule has 1 aromatic rings. The van der Waals surface area contributed by atoms with Crippen molar-refractivity contribution in [3.05, 3.63) is 18.4 Å². The van der Waals surface area contributed by atoms with E-state index in [2.05, 4.69) is 10.3 Å². The zero-order chi connectivity index (χ0) is 9.86. The van der Waals surface area contributed by atoms with Crippen LogP contribution in [0.3, 0.4) is 0 Å². The summed E-state index contributed by atoms with van der Waals surface area (Å²) >= 11 is 0. The van der Waals surface area contributed by atoms with Crippen LogP contribution in [0.25, 0.3) is 0 Å². The molecule has 0 amide bonds. The molecule has 0 unspecified atom stereocenters. The van der Waals surface area contributed by atoms with Gasteiger partial charge < -0.3 is 14.8 Å². The average Bonchev–Trinajstić information content (AvgIpc) is 2.77. The van der Waals surface area contributed by atoms with Gasteiger partial charge in [0.25, 0.3) is 0 Å². The molecule has 0 radical (unpaired) electrons. The van der Waals surface area contributed by atoms with E-state index in [0.717, 1.165) is 31.4 Å². The maximum Gasteiger partial charge on any atom is 0.180 e. The highest BCUT2D eigenvalue weighted by Gasteiger charge is 2.30. The Labute approximate surface area is 83.3 Å². The molecule has 2 N–H and O–H groups in total. The topological polar surface area (TPSA) is 58.3 Å². The molecule has 2 rings (SSSR count). The van der Waals surface area contributed by atoms with Crippen molar-refractivity contribution in [1.82, 2.24) is 10.3 Å². The Morgan fingerprint density at radius 2 is 2.29 bits per heavy atom. The van der Waals surface area contributed by atoms with Crippen LogP contribution < -0.4 is 5.32 Å². The standard InChI is InChI=1S/C10H16N2O2/c13-10(3-1-2-4-10)7-11-5-9-6-12-8-14-9/h6,8,11,13H,1-5,7H2. The second kappa shape index (κ2) is 4.11. The van der Waals surface area contributed by atoms with Gasteiger partial charge in [-0.25, -0.2) is 4.98 Å². The van der Waals surface area contributed by atoms with Gasteiger partial charge in [-0.15, -0.1) is 0 Å². The third kappa shape index (κ3) is 2.33. The van der Waals surface area contributed by atoms with Crippen LogP contribution in [-0.2, 0) is 6.54 Å². The summed E-state index contributed by atoms with van der Waals surface area (Å²) in [5.41, 5.74) is -0.486. The van der Waals surface area contributed by atoms with Gasteiger partial charge in [-0.3, -0.25) is 0 Å². The van der Waals surface area contributed by atoms with Crippen molar-refractivity contribution in [3.8, 4) is 0 Å². The number of rotatable bonds is 4. The summed E-state index contributed by atoms with van der Waals surface area (Å²) in [5.74, 6) is 0.812. The van der Waals surface area contributed by atoms with E-state index < -0.39 is 5.60 Å². The van der Waals surface area contributed by atoms with E-state index in [1.807, 2.05) is 0 Å². The lowest BCUT2D eigenvalue weighted by atomic mass is 10.0. The fourth-order valence-corrected chi connectivity index (χ4v) is 1.96. The number of nitrogens with zero attached hydrogens (tertiary/aromatic N) is 1. The van der Waals surface area contributed by atoms with Crippen molar-refractivity contribution in [3.63, 3.8) is 0 Å². The molecule has 0 aromatic carbocycles. The second-order valence-electron chi connectivity index (χ2n) is 4.00. The van der Waals surface area contributed by atoms with E-state index in [1.165, 1.54) is 6.39 Å². The summed E-state index contributed by atoms with van der Waals surface area (Å²) in [4.78, 5) is 3.82. The molecular formula is C10H16N2O2. The third-order valence-corrected chi connectivity index (χ3v) is 2.77. The normalized spacial score (nSPS) is 20.1. The summed E-state index contributed by atoms with van der Waals surface area (Å²) in [5, 5.41) is 13.2. The Kier molecular flexibility index (Phi) is 2.84. The van der Waals surface area contributed by atoms with E-state index in [4.69, 9.17) is 4.42 Å². The van der Waals surface area contributed by atoms with Crippen LogP contribution in [0.5, 0.6) is 0 Å². The molecule has 0 aliphatic heterocycles. The maximum atomic E-state index is 10.0. The van der Waals surface area contributed by atoms with Gasteiger partial charge in [0.15, 0.2) is 6.39 Å². The first-order valence-corrected chi connectivity index (χ1v) is 5.09. The van der Waals surface area contributed by atoms with Crippen LogP contribution in [-0.4, -0.2) is 22.2 Å². The molecule has 0 spiro atoms. The highest BCUT2D eigenvalue weighted by Crippen LogP contribution is 2.28. The summed E-state index contributed by atoms with van der Waals surface area (Å²) in [6.45, 7) is 1.29. The Bertz CT molecular complexity index is 266. The lowest BCUT2D eigenvalue weighted by Gasteiger charge is -2.21. The zero-order valence-electron chi connectivity index (χ0n) is 8.20. The maximum absolute atomic E-state index is 10.0. The Morgan fingerprint density at radius 3 is 2.93 bits per heavy atom. The predicted octanol–water partition coefficient (Wildman–Crippen LogP) is 1.07. The summed E-state index contributed by atoms with van der Waals surface area (Å²) in [6, 6.07) is 0. The van der Waals surface area contributed by atoms with Crippen molar-refractivity contribution >= 4 is 0 Å². The van der Waals surface area contributed by atoms with Gasteiger partial charge in [0.2, 0.25) is 0 Å². The molecule has 1 aliphatic carbocycles. The molecule has 4 nitrogen and oxygen atoms in total. The minimum absolute atomic E-state index is 0.486. The first-order valence-electron chi connectivity index (χ1n) is 5.09. The smallest absolute Gasteiger partial charge is 0.180 e. The van der Waals surface area contributed by atoms with E-state index in [9.17, 15) is 5.11 Å². The van der Waals surface area contributed by atoms with E-state index in [-0.39, 0.29) is 0 Å². The molecule has 0 saturated heterocycles. The fourth-order valence-electron chi connectivity index (χ4n) is 1.96. The summed E-state index contributed by atoms with van der Waals surface area (Å²) in [6.07, 6.45) is 7.21. The molecule has 78 valence electrons. The Balaban J connectivity index is 1.72. The van der Waals surface area contributed by atoms with Crippen LogP contribution >= 0.6 is 0 Å². The number of aliphatic hydroxyl groups is 1. The number of nitrogens with one attached hydrogen (secondary N) is 1. The molecule has 1 aliphatic rings. The minimum atomic E-state index is -0.486. The van der Waals surface area contributed by atoms with Crippen LogP contribution in [0, 0.1) is 0 Å². The zero-order valence-corrected chi connectivity index (χ0v) is 8.20. The van der Waals surface area contributed by atoms with Crippen molar-refractivity contribution in [2.75, 3.05) is 6.54 Å². The van der Waals surface area contributed by atoms with Crippen molar-refractivity contribution < 1.29 is 9.52 Å². The lowest BCUT2D eigenvalue weighted by molar-refractivity contribution is 0.0471. The SMILES string of the molecule is OC1(CNCc2cnco2)CCCC1. The van der Waals surface area contributed by atoms with Crippen LogP contribution in [0.4, 0.5) is 0 Å². The number of oxazole rings is 1. The number of aromatic nitrogens is 1. The minimum Gasteiger partial charge on any atom is -0.447 e. The van der Waals surface area contributed by atoms with Gasteiger partial charge in [0, 0.05) is 6.54 Å². The monoisotopic (exact) mass is 196 g/mol. The van der Waals surface area contributed by atoms with Crippen molar-refractivity contribution in [1.29, 1.82) is 0 Å². The number of hydrogen-bond acceptors (Lipinski definition) is 4. The molecule has 0 atom stereocenters. The van der Waals surface area contributed by atoms with Gasteiger partial charge in [0.1, 0.15) is 5.76 Å². The first kappa shape index (κ1) is 9.68. The van der Waals surface area contributed by atoms with Crippen LogP contribution in [0.1, 0.15) is 31.4 Å². The largest absolute Gasteiger partial charge is 0.447 e. The van der Waals surface area contributed by atoms with E-state index in [1.54, 1.807) is 6.20 Å². The molecule has 1 aromatic heterocycles. The first-order chi connectivity index (χ1) is 6.79. The number of hydrogen-bond donors (Lipinski definition) is 2. The average molecular weight is 196 g/mol. The van der Waals surface area contributed by atoms with E-state index in [0.29, 0.717) is 13.1 Å². The highest BCUT2D eigenvalue weighted by atomic mass is 16.3. The molecular weight excluding hydrogens is 180 g/mol. The van der Waals surface area contributed by atoms with Crippen LogP contribution in [0.2, 0.25) is 0 Å². The molecule has 14 heavy (non-hydrogen) atoms. The van der Waals surface area contributed by atoms with Crippen LogP contribution in [0.15, 0.2) is 17.0 Å². The Hall–Kier alpha value is -0.870. The van der Waals surface area contributed by atoms with Gasteiger partial charge in [-0.1, -0.05) is 12.8 Å². The van der Waals surface area contributed by atoms with Crippen molar-refractivity contribution in [2.24, 2.45) is 0 Å². The van der Waals surface area contributed by atoms with E-state index >= 15 is 0 Å². The van der Waals surface area contributed by atoms with Gasteiger partial charge >= 0.3 is 0 Å². The quantitative estimate of drug-likeness (QED) is 0.756. The van der Waals surface area contributed by atoms with Crippen molar-refractivity contribution in [2.45, 2.75) is 37.8 Å². The lowest BCUT2D eigenvalue weighted by Crippen LogP contribution is -2.37. The molecule has 1 saturated carbocycles. The highest BCUT2D eigenvalue weighted by molar-refractivity contribution is 4.90.